The molecular formula is C10H10N2S. The normalized spacial score (nSPS) is 10.5. The second kappa shape index (κ2) is 2.85. The number of aryl methyl sites for hydroxylation is 1. The molecule has 66 valence electrons. The monoisotopic (exact) mass is 190 g/mol. The number of thiophene rings is 1. The Kier molecular flexibility index (Phi) is 1.81. The molecule has 1 aromatic carbocycles. The lowest BCUT2D eigenvalue weighted by atomic mass is 10.2. The van der Waals surface area contributed by atoms with Crippen LogP contribution in [0.5, 0.6) is 0 Å². The van der Waals surface area contributed by atoms with Crippen LogP contribution in [0, 0.1) is 12.3 Å². The first-order valence-corrected chi connectivity index (χ1v) is 4.83. The molecule has 0 aliphatic carbocycles. The summed E-state index contributed by atoms with van der Waals surface area (Å²) in [5.74, 6) is 0.152. The number of nitrogen functional groups attached to an aromatic ring is 1. The fraction of sp³-hybridized carbons (Fsp3) is 0.100. The van der Waals surface area contributed by atoms with Gasteiger partial charge in [-0.3, -0.25) is 5.41 Å². The summed E-state index contributed by atoms with van der Waals surface area (Å²) in [6.45, 7) is 2.06. The summed E-state index contributed by atoms with van der Waals surface area (Å²) in [5.41, 5.74) is 6.65. The quantitative estimate of drug-likeness (QED) is 0.527. The second-order valence-electron chi connectivity index (χ2n) is 3.07. The zero-order chi connectivity index (χ0) is 9.42. The Morgan fingerprint density at radius 2 is 2.15 bits per heavy atom. The number of hydrogen-bond donors (Lipinski definition) is 2. The Labute approximate surface area is 80.5 Å². The molecule has 3 N–H and O–H groups in total. The molecule has 0 fully saturated rings. The van der Waals surface area contributed by atoms with Crippen molar-refractivity contribution in [3.63, 3.8) is 0 Å². The van der Waals surface area contributed by atoms with Gasteiger partial charge in [-0.2, -0.15) is 0 Å². The van der Waals surface area contributed by atoms with Crippen LogP contribution >= 0.6 is 11.3 Å². The molecule has 2 aromatic rings. The van der Waals surface area contributed by atoms with Crippen LogP contribution in [0.1, 0.15) is 10.4 Å². The Balaban J connectivity index is 2.68. The Hall–Kier alpha value is -1.35. The summed E-state index contributed by atoms with van der Waals surface area (Å²) in [7, 11) is 0. The number of amidine groups is 1. The number of nitrogens with two attached hydrogens (primary N) is 1. The Morgan fingerprint density at radius 3 is 2.85 bits per heavy atom. The van der Waals surface area contributed by atoms with Crippen molar-refractivity contribution in [2.75, 3.05) is 0 Å². The first-order valence-electron chi connectivity index (χ1n) is 4.01. The highest BCUT2D eigenvalue weighted by Gasteiger charge is 2.03. The molecule has 2 nitrogen and oxygen atoms in total. The third-order valence-electron chi connectivity index (χ3n) is 1.94. The van der Waals surface area contributed by atoms with Gasteiger partial charge >= 0.3 is 0 Å². The molecule has 0 spiro atoms. The number of fused-ring (bicyclic) bond motifs is 1. The highest BCUT2D eigenvalue weighted by molar-refractivity contribution is 7.20. The van der Waals surface area contributed by atoms with Crippen LogP contribution < -0.4 is 5.73 Å². The summed E-state index contributed by atoms with van der Waals surface area (Å²) in [6.07, 6.45) is 0. The maximum atomic E-state index is 7.31. The number of rotatable bonds is 1. The standard InChI is InChI=1S/C10H10N2S/c1-6-2-3-7-5-9(10(11)12)13-8(7)4-6/h2-5H,1H3,(H3,11,12). The van der Waals surface area contributed by atoms with Crippen molar-refractivity contribution in [1.82, 2.24) is 0 Å². The van der Waals surface area contributed by atoms with Gasteiger partial charge in [-0.05, 0) is 30.0 Å². The highest BCUT2D eigenvalue weighted by Crippen LogP contribution is 2.25. The maximum Gasteiger partial charge on any atom is 0.133 e. The summed E-state index contributed by atoms with van der Waals surface area (Å²) in [6, 6.07) is 8.21. The molecule has 0 bridgehead atoms. The fourth-order valence-electron chi connectivity index (χ4n) is 1.27. The SMILES string of the molecule is Cc1ccc2cc(C(=N)N)sc2c1. The van der Waals surface area contributed by atoms with Crippen LogP contribution in [0.3, 0.4) is 0 Å². The highest BCUT2D eigenvalue weighted by atomic mass is 32.1. The smallest absolute Gasteiger partial charge is 0.133 e. The topological polar surface area (TPSA) is 49.9 Å². The zero-order valence-corrected chi connectivity index (χ0v) is 8.11. The van der Waals surface area contributed by atoms with Gasteiger partial charge in [-0.1, -0.05) is 12.1 Å². The fourth-order valence-corrected chi connectivity index (χ4v) is 2.29. The molecule has 1 aromatic heterocycles. The molecule has 0 unspecified atom stereocenters. The summed E-state index contributed by atoms with van der Waals surface area (Å²) < 4.78 is 1.20. The van der Waals surface area contributed by atoms with Gasteiger partial charge in [-0.25, -0.2) is 0 Å². The third-order valence-corrected chi connectivity index (χ3v) is 3.07. The number of benzene rings is 1. The van der Waals surface area contributed by atoms with Crippen LogP contribution in [-0.4, -0.2) is 5.84 Å². The minimum Gasteiger partial charge on any atom is -0.383 e. The minimum absolute atomic E-state index is 0.152. The summed E-state index contributed by atoms with van der Waals surface area (Å²) in [5, 5.41) is 8.48. The second-order valence-corrected chi connectivity index (χ2v) is 4.15. The lowest BCUT2D eigenvalue weighted by Gasteiger charge is -1.89. The molecule has 0 atom stereocenters. The van der Waals surface area contributed by atoms with Gasteiger partial charge < -0.3 is 5.73 Å². The molecule has 0 radical (unpaired) electrons. The molecule has 0 amide bonds. The van der Waals surface area contributed by atoms with Gasteiger partial charge in [0.1, 0.15) is 5.84 Å². The average Bonchev–Trinajstić information content (AvgIpc) is 2.46. The van der Waals surface area contributed by atoms with Crippen molar-refractivity contribution in [3.05, 3.63) is 34.7 Å². The summed E-state index contributed by atoms with van der Waals surface area (Å²) >= 11 is 1.57. The molecule has 2 rings (SSSR count). The van der Waals surface area contributed by atoms with E-state index in [9.17, 15) is 0 Å². The van der Waals surface area contributed by atoms with Crippen LogP contribution in [0.25, 0.3) is 10.1 Å². The van der Waals surface area contributed by atoms with Crippen molar-refractivity contribution in [2.24, 2.45) is 5.73 Å². The molecular weight excluding hydrogens is 180 g/mol. The zero-order valence-electron chi connectivity index (χ0n) is 7.29. The van der Waals surface area contributed by atoms with Gasteiger partial charge in [0.05, 0.1) is 4.88 Å². The molecule has 13 heavy (non-hydrogen) atoms. The third kappa shape index (κ3) is 1.42. The molecule has 3 heteroatoms. The molecule has 1 heterocycles. The van der Waals surface area contributed by atoms with E-state index in [1.165, 1.54) is 15.6 Å². The first-order chi connectivity index (χ1) is 6.16. The molecule has 0 saturated heterocycles. The van der Waals surface area contributed by atoms with E-state index < -0.39 is 0 Å². The number of nitrogens with one attached hydrogen (secondary N) is 1. The maximum absolute atomic E-state index is 7.31. The van der Waals surface area contributed by atoms with Crippen LogP contribution in [0.15, 0.2) is 24.3 Å². The minimum atomic E-state index is 0.152. The van der Waals surface area contributed by atoms with E-state index >= 15 is 0 Å². The van der Waals surface area contributed by atoms with Gasteiger partial charge in [0, 0.05) is 4.70 Å². The van der Waals surface area contributed by atoms with E-state index in [1.54, 1.807) is 11.3 Å². The Bertz CT molecular complexity index is 471. The molecule has 0 aliphatic rings. The van der Waals surface area contributed by atoms with Gasteiger partial charge in [-0.15, -0.1) is 11.3 Å². The van der Waals surface area contributed by atoms with E-state index in [0.29, 0.717) is 0 Å². The van der Waals surface area contributed by atoms with Crippen LogP contribution in [0.4, 0.5) is 0 Å². The van der Waals surface area contributed by atoms with E-state index in [0.717, 1.165) is 4.88 Å². The van der Waals surface area contributed by atoms with Gasteiger partial charge in [0.15, 0.2) is 0 Å². The van der Waals surface area contributed by atoms with E-state index in [1.807, 2.05) is 6.07 Å². The van der Waals surface area contributed by atoms with E-state index in [-0.39, 0.29) is 5.84 Å². The molecule has 0 aliphatic heterocycles. The van der Waals surface area contributed by atoms with Crippen LogP contribution in [0.2, 0.25) is 0 Å². The first kappa shape index (κ1) is 8.26. The lowest BCUT2D eigenvalue weighted by Crippen LogP contribution is -2.08. The van der Waals surface area contributed by atoms with Crippen molar-refractivity contribution < 1.29 is 0 Å². The van der Waals surface area contributed by atoms with Gasteiger partial charge in [0.2, 0.25) is 0 Å². The Morgan fingerprint density at radius 1 is 1.38 bits per heavy atom. The van der Waals surface area contributed by atoms with Gasteiger partial charge in [0.25, 0.3) is 0 Å². The van der Waals surface area contributed by atoms with E-state index in [4.69, 9.17) is 11.1 Å². The van der Waals surface area contributed by atoms with Crippen molar-refractivity contribution >= 4 is 27.3 Å². The van der Waals surface area contributed by atoms with Crippen molar-refractivity contribution in [1.29, 1.82) is 5.41 Å². The molecule has 0 saturated carbocycles. The predicted octanol–water partition coefficient (Wildman–Crippen LogP) is 2.49. The summed E-state index contributed by atoms with van der Waals surface area (Å²) in [4.78, 5) is 0.848. The lowest BCUT2D eigenvalue weighted by molar-refractivity contribution is 1.46. The number of hydrogen-bond acceptors (Lipinski definition) is 2. The predicted molar refractivity (Wildman–Crippen MR) is 57.6 cm³/mol. The van der Waals surface area contributed by atoms with Crippen LogP contribution in [-0.2, 0) is 0 Å². The van der Waals surface area contributed by atoms with Crippen molar-refractivity contribution in [3.8, 4) is 0 Å². The average molecular weight is 190 g/mol. The largest absolute Gasteiger partial charge is 0.383 e. The van der Waals surface area contributed by atoms with Crippen molar-refractivity contribution in [2.45, 2.75) is 6.92 Å². The van der Waals surface area contributed by atoms with E-state index in [2.05, 4.69) is 25.1 Å².